The van der Waals surface area contributed by atoms with Crippen LogP contribution in [0.1, 0.15) is 0 Å². The van der Waals surface area contributed by atoms with Gasteiger partial charge < -0.3 is 0 Å². The molecule has 3 aromatic heterocycles. The number of hydrogen-bond donors (Lipinski definition) is 0. The SMILES string of the molecule is c1ccc(-c2ccc3c(c2)c2c4ccccc4ccc2c2nc4ccccn4c32)nc1. The lowest BCUT2D eigenvalue weighted by Gasteiger charge is -2.12. The smallest absolute Gasteiger partial charge is 0.137 e. The molecule has 3 nitrogen and oxygen atoms in total. The normalized spacial score (nSPS) is 11.9. The van der Waals surface area contributed by atoms with Gasteiger partial charge in [-0.05, 0) is 51.9 Å². The lowest BCUT2D eigenvalue weighted by molar-refractivity contribution is 1.23. The van der Waals surface area contributed by atoms with Gasteiger partial charge in [-0.3, -0.25) is 9.38 Å². The molecule has 0 bridgehead atoms. The van der Waals surface area contributed by atoms with Crippen molar-refractivity contribution in [3.8, 4) is 11.3 Å². The van der Waals surface area contributed by atoms with Gasteiger partial charge in [-0.2, -0.15) is 0 Å². The molecular weight excluding hydrogens is 378 g/mol. The molecule has 0 unspecified atom stereocenters. The zero-order valence-corrected chi connectivity index (χ0v) is 16.7. The summed E-state index contributed by atoms with van der Waals surface area (Å²) >= 11 is 0. The molecule has 31 heavy (non-hydrogen) atoms. The molecule has 0 spiro atoms. The standard InChI is InChI=1S/C28H17N3/c1-2-8-20-18(7-1)11-14-22-26(20)23-17-19(24-9-3-5-15-29-24)12-13-21(23)28-27(22)30-25-10-4-6-16-31(25)28/h1-17H. The zero-order chi connectivity index (χ0) is 20.4. The Hall–Kier alpha value is -4.24. The van der Waals surface area contributed by atoms with Crippen molar-refractivity contribution >= 4 is 49.0 Å². The van der Waals surface area contributed by atoms with E-state index in [4.69, 9.17) is 4.98 Å². The van der Waals surface area contributed by atoms with Gasteiger partial charge in [-0.25, -0.2) is 4.98 Å². The first-order valence-corrected chi connectivity index (χ1v) is 10.4. The van der Waals surface area contributed by atoms with Crippen LogP contribution >= 0.6 is 0 Å². The van der Waals surface area contributed by atoms with E-state index in [-0.39, 0.29) is 0 Å². The lowest BCUT2D eigenvalue weighted by Crippen LogP contribution is -1.89. The van der Waals surface area contributed by atoms with Gasteiger partial charge in [0.15, 0.2) is 0 Å². The number of rotatable bonds is 1. The van der Waals surface area contributed by atoms with E-state index in [2.05, 4.69) is 88.4 Å². The summed E-state index contributed by atoms with van der Waals surface area (Å²) in [6.07, 6.45) is 3.95. The Balaban J connectivity index is 1.77. The Kier molecular flexibility index (Phi) is 3.27. The van der Waals surface area contributed by atoms with Gasteiger partial charge in [0.05, 0.1) is 16.7 Å². The molecule has 0 fully saturated rings. The predicted octanol–water partition coefficient (Wildman–Crippen LogP) is 7.01. The average molecular weight is 395 g/mol. The summed E-state index contributed by atoms with van der Waals surface area (Å²) < 4.78 is 2.20. The Morgan fingerprint density at radius 2 is 1.52 bits per heavy atom. The highest BCUT2D eigenvalue weighted by Gasteiger charge is 2.16. The van der Waals surface area contributed by atoms with Crippen LogP contribution in [0.3, 0.4) is 0 Å². The van der Waals surface area contributed by atoms with Crippen molar-refractivity contribution in [1.29, 1.82) is 0 Å². The molecule has 0 aliphatic carbocycles. The van der Waals surface area contributed by atoms with Crippen LogP contribution in [0, 0.1) is 0 Å². The summed E-state index contributed by atoms with van der Waals surface area (Å²) in [4.78, 5) is 9.61. The quantitative estimate of drug-likeness (QED) is 0.280. The van der Waals surface area contributed by atoms with Crippen LogP contribution in [0.15, 0.2) is 103 Å². The number of aromatic nitrogens is 3. The molecule has 7 aromatic rings. The van der Waals surface area contributed by atoms with Gasteiger partial charge in [-0.1, -0.05) is 60.7 Å². The second kappa shape index (κ2) is 6.13. The highest BCUT2D eigenvalue weighted by atomic mass is 15.0. The summed E-state index contributed by atoms with van der Waals surface area (Å²) in [6, 6.07) is 31.9. The van der Waals surface area contributed by atoms with Crippen LogP contribution < -0.4 is 0 Å². The largest absolute Gasteiger partial charge is 0.299 e. The summed E-state index contributed by atoms with van der Waals surface area (Å²) in [5.41, 5.74) is 5.27. The average Bonchev–Trinajstić information content (AvgIpc) is 3.24. The molecule has 0 aliphatic heterocycles. The van der Waals surface area contributed by atoms with E-state index in [0.717, 1.165) is 27.9 Å². The number of benzene rings is 4. The van der Waals surface area contributed by atoms with E-state index in [0.29, 0.717) is 0 Å². The zero-order valence-electron chi connectivity index (χ0n) is 16.7. The molecule has 7 rings (SSSR count). The van der Waals surface area contributed by atoms with E-state index in [1.165, 1.54) is 32.3 Å². The first-order chi connectivity index (χ1) is 15.4. The Labute approximate surface area is 178 Å². The summed E-state index contributed by atoms with van der Waals surface area (Å²) in [5, 5.41) is 7.36. The van der Waals surface area contributed by atoms with E-state index in [1.807, 2.05) is 24.4 Å². The first kappa shape index (κ1) is 16.5. The molecule has 0 saturated heterocycles. The number of imidazole rings is 1. The second-order valence-electron chi connectivity index (χ2n) is 7.92. The molecule has 144 valence electrons. The van der Waals surface area contributed by atoms with Crippen LogP contribution in [0.4, 0.5) is 0 Å². The fourth-order valence-corrected chi connectivity index (χ4v) is 4.85. The van der Waals surface area contributed by atoms with Gasteiger partial charge in [0, 0.05) is 28.7 Å². The van der Waals surface area contributed by atoms with Crippen molar-refractivity contribution in [3.05, 3.63) is 103 Å². The highest BCUT2D eigenvalue weighted by molar-refractivity contribution is 6.30. The van der Waals surface area contributed by atoms with Crippen molar-refractivity contribution in [2.75, 3.05) is 0 Å². The third-order valence-corrected chi connectivity index (χ3v) is 6.22. The number of pyridine rings is 2. The number of fused-ring (bicyclic) bond motifs is 10. The number of nitrogens with zero attached hydrogens (tertiary/aromatic N) is 3. The maximum atomic E-state index is 5.03. The molecule has 3 heterocycles. The monoisotopic (exact) mass is 395 g/mol. The minimum absolute atomic E-state index is 0.966. The molecular formula is C28H17N3. The molecule has 0 radical (unpaired) electrons. The third kappa shape index (κ3) is 2.29. The molecule has 0 atom stereocenters. The topological polar surface area (TPSA) is 30.2 Å². The first-order valence-electron chi connectivity index (χ1n) is 10.4. The predicted molar refractivity (Wildman–Crippen MR) is 128 cm³/mol. The fourth-order valence-electron chi connectivity index (χ4n) is 4.85. The van der Waals surface area contributed by atoms with E-state index in [9.17, 15) is 0 Å². The maximum absolute atomic E-state index is 5.03. The Morgan fingerprint density at radius 1 is 0.645 bits per heavy atom. The minimum Gasteiger partial charge on any atom is -0.299 e. The van der Waals surface area contributed by atoms with Crippen molar-refractivity contribution in [3.63, 3.8) is 0 Å². The number of hydrogen-bond acceptors (Lipinski definition) is 2. The van der Waals surface area contributed by atoms with E-state index in [1.54, 1.807) is 0 Å². The van der Waals surface area contributed by atoms with E-state index < -0.39 is 0 Å². The highest BCUT2D eigenvalue weighted by Crippen LogP contribution is 2.40. The second-order valence-corrected chi connectivity index (χ2v) is 7.92. The minimum atomic E-state index is 0.966. The molecule has 4 aromatic carbocycles. The van der Waals surface area contributed by atoms with Crippen LogP contribution in [0.5, 0.6) is 0 Å². The van der Waals surface area contributed by atoms with Crippen LogP contribution in [-0.2, 0) is 0 Å². The van der Waals surface area contributed by atoms with Gasteiger partial charge in [0.1, 0.15) is 5.65 Å². The van der Waals surface area contributed by atoms with Gasteiger partial charge in [-0.15, -0.1) is 0 Å². The van der Waals surface area contributed by atoms with Crippen molar-refractivity contribution < 1.29 is 0 Å². The third-order valence-electron chi connectivity index (χ3n) is 6.22. The van der Waals surface area contributed by atoms with Crippen LogP contribution in [0.2, 0.25) is 0 Å². The Bertz CT molecular complexity index is 1780. The summed E-state index contributed by atoms with van der Waals surface area (Å²) in [7, 11) is 0. The van der Waals surface area contributed by atoms with E-state index >= 15 is 0 Å². The molecule has 0 amide bonds. The molecule has 0 aliphatic rings. The van der Waals surface area contributed by atoms with Gasteiger partial charge >= 0.3 is 0 Å². The molecule has 0 saturated carbocycles. The van der Waals surface area contributed by atoms with Crippen molar-refractivity contribution in [2.24, 2.45) is 0 Å². The van der Waals surface area contributed by atoms with Gasteiger partial charge in [0.2, 0.25) is 0 Å². The molecule has 3 heteroatoms. The van der Waals surface area contributed by atoms with Crippen LogP contribution in [-0.4, -0.2) is 14.4 Å². The maximum Gasteiger partial charge on any atom is 0.137 e. The Morgan fingerprint density at radius 3 is 2.45 bits per heavy atom. The van der Waals surface area contributed by atoms with Crippen molar-refractivity contribution in [2.45, 2.75) is 0 Å². The van der Waals surface area contributed by atoms with Gasteiger partial charge in [0.25, 0.3) is 0 Å². The molecule has 0 N–H and O–H groups in total. The summed E-state index contributed by atoms with van der Waals surface area (Å²) in [5.74, 6) is 0. The lowest BCUT2D eigenvalue weighted by atomic mass is 9.93. The summed E-state index contributed by atoms with van der Waals surface area (Å²) in [6.45, 7) is 0. The van der Waals surface area contributed by atoms with Crippen molar-refractivity contribution in [1.82, 2.24) is 14.4 Å². The fraction of sp³-hybridized carbons (Fsp3) is 0. The van der Waals surface area contributed by atoms with Crippen LogP contribution in [0.25, 0.3) is 60.3 Å².